The second-order valence-electron chi connectivity index (χ2n) is 11.6. The molecule has 5 aromatic carbocycles. The van der Waals surface area contributed by atoms with Gasteiger partial charge < -0.3 is 0 Å². The number of nitrogens with zero attached hydrogens (tertiary/aromatic N) is 3. The van der Waals surface area contributed by atoms with Crippen molar-refractivity contribution in [3.05, 3.63) is 157 Å². The van der Waals surface area contributed by atoms with Gasteiger partial charge in [-0.15, -0.1) is 0 Å². The third-order valence-electron chi connectivity index (χ3n) is 8.87. The first-order valence-electron chi connectivity index (χ1n) is 15.6. The Labute approximate surface area is 268 Å². The molecule has 0 saturated carbocycles. The zero-order valence-electron chi connectivity index (χ0n) is 25.8. The lowest BCUT2D eigenvalue weighted by Crippen LogP contribution is -2.03. The molecule has 0 atom stereocenters. The van der Waals surface area contributed by atoms with Crippen LogP contribution in [0.2, 0.25) is 0 Å². The van der Waals surface area contributed by atoms with E-state index in [1.807, 2.05) is 48.8 Å². The van der Waals surface area contributed by atoms with Crippen molar-refractivity contribution in [3.8, 4) is 56.2 Å². The molecule has 8 rings (SSSR count). The number of benzene rings is 5. The maximum atomic E-state index is 4.99. The van der Waals surface area contributed by atoms with Crippen LogP contribution >= 0.6 is 0 Å². The van der Waals surface area contributed by atoms with Gasteiger partial charge in [0.1, 0.15) is 0 Å². The van der Waals surface area contributed by atoms with E-state index in [1.54, 1.807) is 0 Å². The van der Waals surface area contributed by atoms with E-state index in [1.165, 1.54) is 43.5 Å². The third kappa shape index (κ3) is 4.83. The van der Waals surface area contributed by atoms with Crippen LogP contribution in [0.3, 0.4) is 0 Å². The Morgan fingerprint density at radius 3 is 1.76 bits per heavy atom. The Morgan fingerprint density at radius 1 is 0.478 bits per heavy atom. The normalized spacial score (nSPS) is 11.8. The summed E-state index contributed by atoms with van der Waals surface area (Å²) < 4.78 is 0. The van der Waals surface area contributed by atoms with Crippen LogP contribution in [0.25, 0.3) is 83.8 Å². The minimum atomic E-state index is 0.816. The van der Waals surface area contributed by atoms with Crippen molar-refractivity contribution in [2.24, 2.45) is 0 Å². The summed E-state index contributed by atoms with van der Waals surface area (Å²) in [6, 6.07) is 47.2. The molecule has 0 spiro atoms. The lowest BCUT2D eigenvalue weighted by Gasteiger charge is -2.16. The first-order valence-corrected chi connectivity index (χ1v) is 15.6. The average molecular weight is 590 g/mol. The van der Waals surface area contributed by atoms with E-state index >= 15 is 0 Å². The van der Waals surface area contributed by atoms with Crippen molar-refractivity contribution in [1.29, 1.82) is 0 Å². The predicted molar refractivity (Wildman–Crippen MR) is 192 cm³/mol. The Balaban J connectivity index is 1.30. The highest BCUT2D eigenvalue weighted by Crippen LogP contribution is 2.39. The molecule has 0 aliphatic heterocycles. The summed E-state index contributed by atoms with van der Waals surface area (Å²) in [5, 5.41) is 6.50. The molecular formula is C43H31N3. The molecule has 0 amide bonds. The van der Waals surface area contributed by atoms with Gasteiger partial charge in [-0.2, -0.15) is 0 Å². The molecule has 0 fully saturated rings. The molecule has 0 aliphatic carbocycles. The van der Waals surface area contributed by atoms with Crippen molar-refractivity contribution in [2.45, 2.75) is 13.8 Å². The van der Waals surface area contributed by atoms with Gasteiger partial charge in [0.25, 0.3) is 0 Å². The van der Waals surface area contributed by atoms with Gasteiger partial charge in [-0.1, -0.05) is 97.1 Å². The molecular weight excluding hydrogens is 558 g/mol. The van der Waals surface area contributed by atoms with Crippen molar-refractivity contribution in [2.75, 3.05) is 0 Å². The number of hydrogen-bond donors (Lipinski definition) is 0. The smallest absolute Gasteiger partial charge is 0.0900 e. The van der Waals surface area contributed by atoms with E-state index in [4.69, 9.17) is 4.98 Å². The molecule has 3 heterocycles. The van der Waals surface area contributed by atoms with Gasteiger partial charge >= 0.3 is 0 Å². The second-order valence-corrected chi connectivity index (χ2v) is 11.6. The summed E-state index contributed by atoms with van der Waals surface area (Å²) in [7, 11) is 0. The standard InChI is InChI=1S/C43H31N3/c1-3-29-18-19-30-20-22-36(37-21-17-28(2)42(29)43(30)37)32-12-10-11-31(25-32)34-13-4-5-14-35(34)33-26-40(38-15-6-8-23-44-38)46-41(27-33)39-16-7-9-24-45-39/h3-27H,1-2H3/b29-3-. The predicted octanol–water partition coefficient (Wildman–Crippen LogP) is 10.3. The molecule has 0 aliphatic rings. The first kappa shape index (κ1) is 27.6. The molecule has 3 nitrogen and oxygen atoms in total. The highest BCUT2D eigenvalue weighted by Gasteiger charge is 2.15. The molecule has 0 saturated heterocycles. The maximum Gasteiger partial charge on any atom is 0.0900 e. The van der Waals surface area contributed by atoms with Gasteiger partial charge in [-0.3, -0.25) is 9.97 Å². The topological polar surface area (TPSA) is 38.7 Å². The Kier molecular flexibility index (Phi) is 6.92. The summed E-state index contributed by atoms with van der Waals surface area (Å²) in [5.74, 6) is 0. The Bertz CT molecular complexity index is 2370. The van der Waals surface area contributed by atoms with Crippen LogP contribution in [0.15, 0.2) is 146 Å². The van der Waals surface area contributed by atoms with Crippen molar-refractivity contribution in [3.63, 3.8) is 0 Å². The van der Waals surface area contributed by atoms with Crippen LogP contribution < -0.4 is 5.22 Å². The van der Waals surface area contributed by atoms with Crippen LogP contribution in [0.5, 0.6) is 0 Å². The van der Waals surface area contributed by atoms with E-state index in [0.29, 0.717) is 0 Å². The van der Waals surface area contributed by atoms with Crippen LogP contribution in [0.1, 0.15) is 12.5 Å². The number of rotatable bonds is 5. The average Bonchev–Trinajstić information content (AvgIpc) is 3.13. The molecule has 46 heavy (non-hydrogen) atoms. The van der Waals surface area contributed by atoms with E-state index in [2.05, 4.69) is 127 Å². The van der Waals surface area contributed by atoms with E-state index in [0.717, 1.165) is 45.0 Å². The Hall–Kier alpha value is -5.93. The highest BCUT2D eigenvalue weighted by molar-refractivity contribution is 6.16. The van der Waals surface area contributed by atoms with Gasteiger partial charge in [0.2, 0.25) is 0 Å². The van der Waals surface area contributed by atoms with E-state index in [-0.39, 0.29) is 0 Å². The maximum absolute atomic E-state index is 4.99. The van der Waals surface area contributed by atoms with Crippen molar-refractivity contribution < 1.29 is 0 Å². The first-order chi connectivity index (χ1) is 22.7. The highest BCUT2D eigenvalue weighted by atomic mass is 14.8. The molecule has 0 radical (unpaired) electrons. The fraction of sp³-hybridized carbons (Fsp3) is 0.0465. The number of pyridine rings is 3. The number of hydrogen-bond acceptors (Lipinski definition) is 3. The van der Waals surface area contributed by atoms with Crippen LogP contribution in [0, 0.1) is 6.92 Å². The Morgan fingerprint density at radius 2 is 1.11 bits per heavy atom. The monoisotopic (exact) mass is 589 g/mol. The third-order valence-corrected chi connectivity index (χ3v) is 8.87. The van der Waals surface area contributed by atoms with E-state index in [9.17, 15) is 0 Å². The largest absolute Gasteiger partial charge is 0.255 e. The fourth-order valence-corrected chi connectivity index (χ4v) is 6.66. The number of aryl methyl sites for hydroxylation is 1. The SMILES string of the molecule is C/C=c1/ccc2ccc(-c3cccc(-c4ccccc4-c4cc(-c5ccccn5)nc(-c5ccccn5)c4)c3)c3ccc(C)c1c23. The van der Waals surface area contributed by atoms with Gasteiger partial charge in [0.15, 0.2) is 0 Å². The summed E-state index contributed by atoms with van der Waals surface area (Å²) in [6.45, 7) is 4.33. The summed E-state index contributed by atoms with van der Waals surface area (Å²) >= 11 is 0. The quantitative estimate of drug-likeness (QED) is 0.200. The van der Waals surface area contributed by atoms with E-state index < -0.39 is 0 Å². The fourth-order valence-electron chi connectivity index (χ4n) is 6.66. The molecule has 3 heteroatoms. The number of aromatic nitrogens is 3. The van der Waals surface area contributed by atoms with Gasteiger partial charge in [0, 0.05) is 12.4 Å². The minimum Gasteiger partial charge on any atom is -0.255 e. The van der Waals surface area contributed by atoms with Crippen LogP contribution in [0.4, 0.5) is 0 Å². The van der Waals surface area contributed by atoms with Crippen molar-refractivity contribution in [1.82, 2.24) is 15.0 Å². The van der Waals surface area contributed by atoms with Gasteiger partial charge in [-0.05, 0) is 122 Å². The molecule has 0 N–H and O–H groups in total. The lowest BCUT2D eigenvalue weighted by atomic mass is 9.88. The van der Waals surface area contributed by atoms with Gasteiger partial charge in [0.05, 0.1) is 22.8 Å². The van der Waals surface area contributed by atoms with Crippen LogP contribution in [-0.4, -0.2) is 15.0 Å². The lowest BCUT2D eigenvalue weighted by molar-refractivity contribution is 1.22. The summed E-state index contributed by atoms with van der Waals surface area (Å²) in [4.78, 5) is 14.2. The molecule has 8 aromatic rings. The second kappa shape index (κ2) is 11.5. The van der Waals surface area contributed by atoms with Crippen molar-refractivity contribution >= 4 is 27.6 Å². The zero-order valence-corrected chi connectivity index (χ0v) is 25.8. The molecule has 0 bridgehead atoms. The summed E-state index contributed by atoms with van der Waals surface area (Å²) in [5.41, 5.74) is 11.6. The zero-order chi connectivity index (χ0) is 31.0. The minimum absolute atomic E-state index is 0.816. The molecule has 218 valence electrons. The van der Waals surface area contributed by atoms with Crippen LogP contribution in [-0.2, 0) is 0 Å². The molecule has 0 unspecified atom stereocenters. The van der Waals surface area contributed by atoms with Gasteiger partial charge in [-0.25, -0.2) is 4.98 Å². The molecule has 3 aromatic heterocycles. The summed E-state index contributed by atoms with van der Waals surface area (Å²) in [6.07, 6.45) is 5.83.